The molecule has 1 heterocycles. The van der Waals surface area contributed by atoms with E-state index >= 15 is 0 Å². The Bertz CT molecular complexity index is 420. The second kappa shape index (κ2) is 2.83. The highest BCUT2D eigenvalue weighted by Crippen LogP contribution is 1.89. The zero-order chi connectivity index (χ0) is 8.39. The number of hydroxylamine groups is 2. The first kappa shape index (κ1) is 7.13. The lowest BCUT2D eigenvalue weighted by Crippen LogP contribution is -2.24. The molecule has 0 unspecified atom stereocenters. The summed E-state index contributed by atoms with van der Waals surface area (Å²) < 4.78 is 0. The van der Waals surface area contributed by atoms with Crippen LogP contribution in [0.25, 0.3) is 12.3 Å². The van der Waals surface area contributed by atoms with E-state index in [4.69, 9.17) is 0 Å². The zero-order valence-corrected chi connectivity index (χ0v) is 6.47. The summed E-state index contributed by atoms with van der Waals surface area (Å²) in [7, 11) is 0. The molecule has 0 saturated heterocycles. The van der Waals surface area contributed by atoms with E-state index in [0.717, 1.165) is 15.5 Å². The summed E-state index contributed by atoms with van der Waals surface area (Å²) in [6.07, 6.45) is 6.72. The summed E-state index contributed by atoms with van der Waals surface area (Å²) >= 11 is 0. The molecule has 2 heteroatoms. The first-order chi connectivity index (χ1) is 5.86. The molecule has 0 fully saturated rings. The highest BCUT2D eigenvalue weighted by Gasteiger charge is 1.86. The van der Waals surface area contributed by atoms with Crippen LogP contribution in [0, 0.1) is 5.21 Å². The smallest absolute Gasteiger partial charge is 0.000257 e. The minimum absolute atomic E-state index is 0.808. The molecular weight excluding hydrogens is 150 g/mol. The van der Waals surface area contributed by atoms with Gasteiger partial charge in [0, 0.05) is 6.20 Å². The SMILES string of the molecule is [O-]N1C=CC=c2ccccc2=C1. The van der Waals surface area contributed by atoms with Crippen molar-refractivity contribution in [1.82, 2.24) is 5.06 Å². The van der Waals surface area contributed by atoms with E-state index in [0.29, 0.717) is 0 Å². The number of fused-ring (bicyclic) bond motifs is 1. The molecule has 12 heavy (non-hydrogen) atoms. The molecule has 0 atom stereocenters. The Labute approximate surface area is 70.3 Å². The summed E-state index contributed by atoms with van der Waals surface area (Å²) in [4.78, 5) is 0. The van der Waals surface area contributed by atoms with Crippen LogP contribution in [0.5, 0.6) is 0 Å². The van der Waals surface area contributed by atoms with Crippen molar-refractivity contribution in [3.8, 4) is 0 Å². The number of nitrogens with zero attached hydrogens (tertiary/aromatic N) is 1. The molecule has 60 valence electrons. The maximum absolute atomic E-state index is 11.0. The van der Waals surface area contributed by atoms with E-state index < -0.39 is 0 Å². The minimum atomic E-state index is 0.808. The number of hydrogen-bond donors (Lipinski definition) is 0. The van der Waals surface area contributed by atoms with Crippen molar-refractivity contribution in [1.29, 1.82) is 0 Å². The molecule has 0 aliphatic carbocycles. The molecule has 2 rings (SSSR count). The van der Waals surface area contributed by atoms with Crippen molar-refractivity contribution in [3.63, 3.8) is 0 Å². The largest absolute Gasteiger partial charge is 0.755 e. The highest BCUT2D eigenvalue weighted by atomic mass is 16.5. The van der Waals surface area contributed by atoms with Gasteiger partial charge in [0.05, 0.1) is 0 Å². The van der Waals surface area contributed by atoms with Gasteiger partial charge in [0.2, 0.25) is 0 Å². The van der Waals surface area contributed by atoms with E-state index in [1.807, 2.05) is 30.3 Å². The number of allylic oxidation sites excluding steroid dienone is 1. The summed E-state index contributed by atoms with van der Waals surface area (Å²) in [6, 6.07) is 7.78. The van der Waals surface area contributed by atoms with Gasteiger partial charge in [0.1, 0.15) is 0 Å². The third-order valence-corrected chi connectivity index (χ3v) is 1.77. The van der Waals surface area contributed by atoms with Crippen LogP contribution in [0.4, 0.5) is 0 Å². The quantitative estimate of drug-likeness (QED) is 0.550. The van der Waals surface area contributed by atoms with Gasteiger partial charge >= 0.3 is 0 Å². The molecule has 0 N–H and O–H groups in total. The maximum atomic E-state index is 11.0. The molecule has 1 aliphatic rings. The summed E-state index contributed by atoms with van der Waals surface area (Å²) in [5.41, 5.74) is 0. The van der Waals surface area contributed by atoms with Crippen LogP contribution >= 0.6 is 0 Å². The topological polar surface area (TPSA) is 26.3 Å². The van der Waals surface area contributed by atoms with Gasteiger partial charge in [-0.15, -0.1) is 0 Å². The summed E-state index contributed by atoms with van der Waals surface area (Å²) in [6.45, 7) is 0. The molecule has 0 aromatic heterocycles. The van der Waals surface area contributed by atoms with Gasteiger partial charge in [0.25, 0.3) is 0 Å². The standard InChI is InChI=1S/C10H8NO/c12-11-7-3-6-9-4-1-2-5-10(9)8-11/h1-8H/q-1. The minimum Gasteiger partial charge on any atom is -0.755 e. The van der Waals surface area contributed by atoms with Crippen molar-refractivity contribution >= 4 is 12.3 Å². The van der Waals surface area contributed by atoms with Gasteiger partial charge in [-0.25, -0.2) is 0 Å². The molecule has 0 amide bonds. The van der Waals surface area contributed by atoms with Gasteiger partial charge in [-0.1, -0.05) is 30.3 Å². The molecule has 1 aliphatic heterocycles. The van der Waals surface area contributed by atoms with Gasteiger partial charge in [-0.2, -0.15) is 0 Å². The first-order valence-corrected chi connectivity index (χ1v) is 3.77. The summed E-state index contributed by atoms with van der Waals surface area (Å²) in [5.74, 6) is 0. The van der Waals surface area contributed by atoms with E-state index in [1.54, 1.807) is 12.3 Å². The van der Waals surface area contributed by atoms with E-state index in [2.05, 4.69) is 0 Å². The second-order valence-electron chi connectivity index (χ2n) is 2.63. The van der Waals surface area contributed by atoms with Crippen LogP contribution < -0.4 is 10.4 Å². The Morgan fingerprint density at radius 3 is 2.67 bits per heavy atom. The van der Waals surface area contributed by atoms with E-state index in [-0.39, 0.29) is 0 Å². The molecule has 0 radical (unpaired) electrons. The number of rotatable bonds is 0. The van der Waals surface area contributed by atoms with Crippen molar-refractivity contribution in [3.05, 3.63) is 52.2 Å². The predicted molar refractivity (Wildman–Crippen MR) is 49.0 cm³/mol. The highest BCUT2D eigenvalue weighted by molar-refractivity contribution is 5.43. The van der Waals surface area contributed by atoms with Crippen LogP contribution in [0.15, 0.2) is 36.5 Å². The molecule has 0 saturated carbocycles. The van der Waals surface area contributed by atoms with Crippen molar-refractivity contribution in [2.75, 3.05) is 0 Å². The van der Waals surface area contributed by atoms with Gasteiger partial charge in [0.15, 0.2) is 0 Å². The van der Waals surface area contributed by atoms with Crippen molar-refractivity contribution < 1.29 is 0 Å². The summed E-state index contributed by atoms with van der Waals surface area (Å²) in [5, 5.41) is 13.8. The lowest BCUT2D eigenvalue weighted by atomic mass is 10.2. The zero-order valence-electron chi connectivity index (χ0n) is 6.47. The van der Waals surface area contributed by atoms with Crippen LogP contribution in [-0.4, -0.2) is 5.06 Å². The normalized spacial score (nSPS) is 14.2. The number of hydrogen-bond acceptors (Lipinski definition) is 2. The Kier molecular flexibility index (Phi) is 1.68. The molecule has 0 bridgehead atoms. The lowest BCUT2D eigenvalue weighted by Gasteiger charge is -2.19. The van der Waals surface area contributed by atoms with Crippen molar-refractivity contribution in [2.24, 2.45) is 0 Å². The van der Waals surface area contributed by atoms with Crippen LogP contribution in [0.3, 0.4) is 0 Å². The molecule has 0 spiro atoms. The predicted octanol–water partition coefficient (Wildman–Crippen LogP) is 0.532. The number of benzene rings is 1. The molecular formula is C10H8NO-. The third-order valence-electron chi connectivity index (χ3n) is 1.77. The third kappa shape index (κ3) is 1.24. The average Bonchev–Trinajstić information content (AvgIpc) is 2.25. The van der Waals surface area contributed by atoms with Crippen LogP contribution in [0.2, 0.25) is 0 Å². The van der Waals surface area contributed by atoms with Crippen LogP contribution in [-0.2, 0) is 0 Å². The Morgan fingerprint density at radius 2 is 1.83 bits per heavy atom. The van der Waals surface area contributed by atoms with E-state index in [1.165, 1.54) is 6.20 Å². The first-order valence-electron chi connectivity index (χ1n) is 3.77. The van der Waals surface area contributed by atoms with Gasteiger partial charge in [-0.3, -0.25) is 0 Å². The maximum Gasteiger partial charge on any atom is 0.000257 e. The molecule has 2 nitrogen and oxygen atoms in total. The monoisotopic (exact) mass is 158 g/mol. The van der Waals surface area contributed by atoms with Crippen LogP contribution in [0.1, 0.15) is 0 Å². The fraction of sp³-hybridized carbons (Fsp3) is 0. The van der Waals surface area contributed by atoms with Gasteiger partial charge in [-0.05, 0) is 22.7 Å². The average molecular weight is 158 g/mol. The fourth-order valence-electron chi connectivity index (χ4n) is 1.19. The molecule has 1 aromatic rings. The van der Waals surface area contributed by atoms with E-state index in [9.17, 15) is 5.21 Å². The van der Waals surface area contributed by atoms with Crippen molar-refractivity contribution in [2.45, 2.75) is 0 Å². The second-order valence-corrected chi connectivity index (χ2v) is 2.63. The Hall–Kier alpha value is -1.54. The lowest BCUT2D eigenvalue weighted by molar-refractivity contribution is 0.759. The molecule has 1 aromatic carbocycles. The Morgan fingerprint density at radius 1 is 1.08 bits per heavy atom. The van der Waals surface area contributed by atoms with Gasteiger partial charge < -0.3 is 10.3 Å². The Balaban J connectivity index is 2.75. The fourth-order valence-corrected chi connectivity index (χ4v) is 1.19.